The highest BCUT2D eigenvalue weighted by Gasteiger charge is 2.33. The number of esters is 1. The topological polar surface area (TPSA) is 59.5 Å². The van der Waals surface area contributed by atoms with Gasteiger partial charge in [0.05, 0.1) is 0 Å². The van der Waals surface area contributed by atoms with Gasteiger partial charge in [-0.15, -0.1) is 11.3 Å². The Morgan fingerprint density at radius 2 is 1.90 bits per heavy atom. The lowest BCUT2D eigenvalue weighted by atomic mass is 10.2. The van der Waals surface area contributed by atoms with Crippen molar-refractivity contribution in [3.05, 3.63) is 76.5 Å². The predicted molar refractivity (Wildman–Crippen MR) is 113 cm³/mol. The van der Waals surface area contributed by atoms with Crippen LogP contribution in [0.4, 0.5) is 4.39 Å². The summed E-state index contributed by atoms with van der Waals surface area (Å²) in [6.07, 6.45) is 1.75. The molecule has 0 bridgehead atoms. The molecule has 154 valence electrons. The third-order valence-corrected chi connectivity index (χ3v) is 5.84. The van der Waals surface area contributed by atoms with Crippen molar-refractivity contribution in [1.29, 1.82) is 0 Å². The Hall–Kier alpha value is -3.06. The van der Waals surface area contributed by atoms with E-state index in [1.165, 1.54) is 17.4 Å². The number of aromatic nitrogens is 1. The van der Waals surface area contributed by atoms with Crippen LogP contribution >= 0.6 is 11.3 Å². The maximum atomic E-state index is 14.0. The maximum Gasteiger partial charge on any atom is 0.358 e. The quantitative estimate of drug-likeness (QED) is 0.520. The fourth-order valence-corrected chi connectivity index (χ4v) is 3.89. The van der Waals surface area contributed by atoms with Gasteiger partial charge in [-0.05, 0) is 25.8 Å². The molecule has 0 unspecified atom stereocenters. The molecule has 0 saturated heterocycles. The largest absolute Gasteiger partial charge is 0.451 e. The number of nitrogens with zero attached hydrogens (tertiary/aromatic N) is 2. The Balaban J connectivity index is 1.37. The van der Waals surface area contributed by atoms with Crippen molar-refractivity contribution in [3.8, 4) is 10.6 Å². The lowest BCUT2D eigenvalue weighted by molar-refractivity contribution is -0.135. The number of hydrogen-bond acceptors (Lipinski definition) is 5. The minimum absolute atomic E-state index is 0.0724. The van der Waals surface area contributed by atoms with Crippen LogP contribution in [0.25, 0.3) is 10.6 Å². The second-order valence-corrected chi connectivity index (χ2v) is 8.18. The molecule has 7 heteroatoms. The average Bonchev–Trinajstić information content (AvgIpc) is 3.47. The number of benzene rings is 2. The van der Waals surface area contributed by atoms with Gasteiger partial charge in [0, 0.05) is 29.1 Å². The van der Waals surface area contributed by atoms with Crippen molar-refractivity contribution in [2.75, 3.05) is 6.61 Å². The van der Waals surface area contributed by atoms with E-state index in [4.69, 9.17) is 4.74 Å². The van der Waals surface area contributed by atoms with E-state index in [0.29, 0.717) is 10.6 Å². The zero-order valence-electron chi connectivity index (χ0n) is 16.5. The number of ether oxygens (including phenoxy) is 1. The van der Waals surface area contributed by atoms with E-state index in [-0.39, 0.29) is 36.6 Å². The van der Waals surface area contributed by atoms with Crippen molar-refractivity contribution in [1.82, 2.24) is 9.88 Å². The van der Waals surface area contributed by atoms with Gasteiger partial charge in [0.25, 0.3) is 5.91 Å². The first-order valence-electron chi connectivity index (χ1n) is 9.74. The van der Waals surface area contributed by atoms with Crippen LogP contribution in [0, 0.1) is 12.7 Å². The molecule has 1 aliphatic rings. The van der Waals surface area contributed by atoms with E-state index in [0.717, 1.165) is 24.0 Å². The minimum Gasteiger partial charge on any atom is -0.451 e. The summed E-state index contributed by atoms with van der Waals surface area (Å²) >= 11 is 1.35. The lowest BCUT2D eigenvalue weighted by Crippen LogP contribution is -2.36. The summed E-state index contributed by atoms with van der Waals surface area (Å²) in [7, 11) is 0. The average molecular weight is 424 g/mol. The van der Waals surface area contributed by atoms with Crippen LogP contribution in [-0.4, -0.2) is 34.4 Å². The first-order chi connectivity index (χ1) is 14.5. The summed E-state index contributed by atoms with van der Waals surface area (Å²) in [5.41, 5.74) is 2.69. The fourth-order valence-electron chi connectivity index (χ4n) is 3.10. The molecule has 3 aromatic rings. The summed E-state index contributed by atoms with van der Waals surface area (Å²) in [5, 5.41) is 2.34. The van der Waals surface area contributed by atoms with Crippen LogP contribution in [-0.2, 0) is 16.1 Å². The zero-order chi connectivity index (χ0) is 21.1. The molecule has 1 aromatic heterocycles. The van der Waals surface area contributed by atoms with Crippen LogP contribution in [0.3, 0.4) is 0 Å². The first-order valence-corrected chi connectivity index (χ1v) is 10.6. The molecule has 30 heavy (non-hydrogen) atoms. The monoisotopic (exact) mass is 424 g/mol. The van der Waals surface area contributed by atoms with Crippen LogP contribution in [0.15, 0.2) is 53.9 Å². The smallest absolute Gasteiger partial charge is 0.358 e. The fraction of sp³-hybridized carbons (Fsp3) is 0.261. The molecular weight excluding hydrogens is 403 g/mol. The number of halogens is 1. The van der Waals surface area contributed by atoms with Crippen molar-refractivity contribution in [3.63, 3.8) is 0 Å². The number of carbonyl (C=O) groups is 2. The Morgan fingerprint density at radius 3 is 2.60 bits per heavy atom. The summed E-state index contributed by atoms with van der Waals surface area (Å²) in [5.74, 6) is -1.32. The second kappa shape index (κ2) is 8.75. The third kappa shape index (κ3) is 4.74. The van der Waals surface area contributed by atoms with Crippen molar-refractivity contribution >= 4 is 23.2 Å². The van der Waals surface area contributed by atoms with Gasteiger partial charge in [-0.25, -0.2) is 14.2 Å². The number of carbonyl (C=O) groups excluding carboxylic acids is 2. The Bertz CT molecular complexity index is 1060. The number of thiazole rings is 1. The van der Waals surface area contributed by atoms with Gasteiger partial charge in [0.1, 0.15) is 10.8 Å². The third-order valence-electron chi connectivity index (χ3n) is 4.95. The molecule has 0 aliphatic heterocycles. The van der Waals surface area contributed by atoms with Crippen LogP contribution < -0.4 is 0 Å². The zero-order valence-corrected chi connectivity index (χ0v) is 17.3. The molecule has 1 heterocycles. The molecule has 0 atom stereocenters. The Morgan fingerprint density at radius 1 is 1.17 bits per heavy atom. The molecule has 2 aromatic carbocycles. The minimum atomic E-state index is -0.639. The van der Waals surface area contributed by atoms with Gasteiger partial charge in [-0.3, -0.25) is 4.79 Å². The van der Waals surface area contributed by atoms with Crippen molar-refractivity contribution < 1.29 is 18.7 Å². The summed E-state index contributed by atoms with van der Waals surface area (Å²) in [6, 6.07) is 14.3. The van der Waals surface area contributed by atoms with Gasteiger partial charge in [0.2, 0.25) is 0 Å². The van der Waals surface area contributed by atoms with E-state index in [2.05, 4.69) is 4.98 Å². The number of hydrogen-bond donors (Lipinski definition) is 0. The van der Waals surface area contributed by atoms with Gasteiger partial charge in [0.15, 0.2) is 12.3 Å². The van der Waals surface area contributed by atoms with Crippen LogP contribution in [0.5, 0.6) is 0 Å². The second-order valence-electron chi connectivity index (χ2n) is 7.32. The van der Waals surface area contributed by atoms with Gasteiger partial charge < -0.3 is 9.64 Å². The molecule has 0 radical (unpaired) electrons. The van der Waals surface area contributed by atoms with Crippen LogP contribution in [0.2, 0.25) is 0 Å². The van der Waals surface area contributed by atoms with E-state index in [1.54, 1.807) is 28.5 Å². The predicted octanol–water partition coefficient (Wildman–Crippen LogP) is 4.61. The number of amides is 1. The van der Waals surface area contributed by atoms with Gasteiger partial charge in [-0.2, -0.15) is 0 Å². The standard InChI is InChI=1S/C23H21FN2O3S/c1-15-6-8-16(9-7-15)22-25-20(14-30-22)23(28)29-13-21(27)26(18-10-11-18)12-17-4-2-3-5-19(17)24/h2-9,14,18H,10-13H2,1H3. The molecule has 4 rings (SSSR count). The summed E-state index contributed by atoms with van der Waals surface area (Å²) in [4.78, 5) is 30.9. The number of aryl methyl sites for hydroxylation is 1. The molecule has 1 saturated carbocycles. The van der Waals surface area contributed by atoms with E-state index in [1.807, 2.05) is 31.2 Å². The Kier molecular flexibility index (Phi) is 5.90. The molecule has 0 N–H and O–H groups in total. The van der Waals surface area contributed by atoms with Crippen LogP contribution in [0.1, 0.15) is 34.5 Å². The van der Waals surface area contributed by atoms with E-state index >= 15 is 0 Å². The molecule has 1 amide bonds. The summed E-state index contributed by atoms with van der Waals surface area (Å²) < 4.78 is 19.2. The Labute approximate surface area is 178 Å². The lowest BCUT2D eigenvalue weighted by Gasteiger charge is -2.22. The highest BCUT2D eigenvalue weighted by Crippen LogP contribution is 2.29. The van der Waals surface area contributed by atoms with Crippen molar-refractivity contribution in [2.24, 2.45) is 0 Å². The van der Waals surface area contributed by atoms with E-state index < -0.39 is 5.97 Å². The highest BCUT2D eigenvalue weighted by molar-refractivity contribution is 7.13. The molecule has 5 nitrogen and oxygen atoms in total. The molecule has 1 fully saturated rings. The molecule has 0 spiro atoms. The van der Waals surface area contributed by atoms with E-state index in [9.17, 15) is 14.0 Å². The van der Waals surface area contributed by atoms with Gasteiger partial charge >= 0.3 is 5.97 Å². The van der Waals surface area contributed by atoms with Crippen molar-refractivity contribution in [2.45, 2.75) is 32.4 Å². The normalized spacial score (nSPS) is 13.1. The molecular formula is C23H21FN2O3S. The number of rotatable bonds is 7. The SMILES string of the molecule is Cc1ccc(-c2nc(C(=O)OCC(=O)N(Cc3ccccc3F)C3CC3)cs2)cc1. The molecule has 1 aliphatic carbocycles. The summed E-state index contributed by atoms with van der Waals surface area (Å²) in [6.45, 7) is 1.78. The van der Waals surface area contributed by atoms with Gasteiger partial charge in [-0.1, -0.05) is 48.0 Å². The first kappa shape index (κ1) is 20.2. The highest BCUT2D eigenvalue weighted by atomic mass is 32.1. The maximum absolute atomic E-state index is 14.0.